The van der Waals surface area contributed by atoms with Gasteiger partial charge in [0.05, 0.1) is 28.6 Å². The number of hydrogen-bond acceptors (Lipinski definition) is 3. The van der Waals surface area contributed by atoms with Crippen LogP contribution in [-0.4, -0.2) is 10.2 Å². The summed E-state index contributed by atoms with van der Waals surface area (Å²) in [5.74, 6) is 0.840. The Morgan fingerprint density at radius 1 is 1.27 bits per heavy atom. The highest BCUT2D eigenvalue weighted by molar-refractivity contribution is 7.13. The Bertz CT molecular complexity index is 488. The Kier molecular flexibility index (Phi) is 1.93. The van der Waals surface area contributed by atoms with Gasteiger partial charge in [-0.25, -0.2) is 0 Å². The van der Waals surface area contributed by atoms with E-state index in [1.165, 1.54) is 4.88 Å². The SMILES string of the molecule is c1coc(-c2cn[nH]c2-c2cccs2)c1. The molecule has 3 nitrogen and oxygen atoms in total. The zero-order valence-corrected chi connectivity index (χ0v) is 8.62. The van der Waals surface area contributed by atoms with Crippen LogP contribution in [0.25, 0.3) is 21.9 Å². The molecule has 0 aliphatic rings. The number of aromatic amines is 1. The standard InChI is InChI=1S/C11H8N2OS/c1-3-9(14-5-1)8-7-12-13-11(8)10-4-2-6-15-10/h1-7H,(H,12,13). The summed E-state index contributed by atoms with van der Waals surface area (Å²) >= 11 is 1.68. The van der Waals surface area contributed by atoms with E-state index >= 15 is 0 Å². The van der Waals surface area contributed by atoms with E-state index in [9.17, 15) is 0 Å². The molecule has 0 amide bonds. The summed E-state index contributed by atoms with van der Waals surface area (Å²) in [4.78, 5) is 1.17. The number of thiophene rings is 1. The second-order valence-corrected chi connectivity index (χ2v) is 4.06. The molecule has 0 aliphatic carbocycles. The van der Waals surface area contributed by atoms with E-state index in [1.54, 1.807) is 23.8 Å². The number of rotatable bonds is 2. The molecular formula is C11H8N2OS. The minimum absolute atomic E-state index is 0.840. The second-order valence-electron chi connectivity index (χ2n) is 3.11. The quantitative estimate of drug-likeness (QED) is 0.713. The average Bonchev–Trinajstić information content (AvgIpc) is 3.01. The Morgan fingerprint density at radius 2 is 2.27 bits per heavy atom. The molecule has 0 aromatic carbocycles. The van der Waals surface area contributed by atoms with E-state index < -0.39 is 0 Å². The van der Waals surface area contributed by atoms with Crippen molar-refractivity contribution in [1.82, 2.24) is 10.2 Å². The maximum absolute atomic E-state index is 5.36. The lowest BCUT2D eigenvalue weighted by molar-refractivity contribution is 0.582. The highest BCUT2D eigenvalue weighted by Gasteiger charge is 2.11. The zero-order chi connectivity index (χ0) is 10.1. The van der Waals surface area contributed by atoms with Gasteiger partial charge in [-0.05, 0) is 23.6 Å². The number of nitrogens with one attached hydrogen (secondary N) is 1. The van der Waals surface area contributed by atoms with Crippen molar-refractivity contribution in [1.29, 1.82) is 0 Å². The summed E-state index contributed by atoms with van der Waals surface area (Å²) in [7, 11) is 0. The van der Waals surface area contributed by atoms with Crippen molar-refractivity contribution >= 4 is 11.3 Å². The molecule has 15 heavy (non-hydrogen) atoms. The minimum atomic E-state index is 0.840. The molecule has 3 aromatic heterocycles. The highest BCUT2D eigenvalue weighted by atomic mass is 32.1. The van der Waals surface area contributed by atoms with Crippen molar-refractivity contribution in [3.8, 4) is 21.9 Å². The van der Waals surface area contributed by atoms with Crippen molar-refractivity contribution in [2.75, 3.05) is 0 Å². The first-order valence-electron chi connectivity index (χ1n) is 4.56. The molecule has 0 fully saturated rings. The highest BCUT2D eigenvalue weighted by Crippen LogP contribution is 2.32. The van der Waals surface area contributed by atoms with E-state index in [1.807, 2.05) is 23.6 Å². The number of hydrogen-bond donors (Lipinski definition) is 1. The van der Waals surface area contributed by atoms with Gasteiger partial charge >= 0.3 is 0 Å². The fourth-order valence-electron chi connectivity index (χ4n) is 1.51. The third kappa shape index (κ3) is 1.39. The van der Waals surface area contributed by atoms with Crippen LogP contribution in [0.4, 0.5) is 0 Å². The van der Waals surface area contributed by atoms with E-state index in [-0.39, 0.29) is 0 Å². The van der Waals surface area contributed by atoms with Crippen LogP contribution >= 0.6 is 11.3 Å². The maximum Gasteiger partial charge on any atom is 0.137 e. The average molecular weight is 216 g/mol. The van der Waals surface area contributed by atoms with Crippen LogP contribution in [0.3, 0.4) is 0 Å². The molecule has 0 radical (unpaired) electrons. The summed E-state index contributed by atoms with van der Waals surface area (Å²) < 4.78 is 5.36. The Morgan fingerprint density at radius 3 is 3.00 bits per heavy atom. The monoisotopic (exact) mass is 216 g/mol. The molecule has 0 unspecified atom stereocenters. The fraction of sp³-hybridized carbons (Fsp3) is 0. The summed E-state index contributed by atoms with van der Waals surface area (Å²) in [6.45, 7) is 0. The molecule has 1 N–H and O–H groups in total. The molecule has 0 spiro atoms. The molecule has 3 rings (SSSR count). The van der Waals surface area contributed by atoms with Gasteiger partial charge in [-0.15, -0.1) is 11.3 Å². The largest absolute Gasteiger partial charge is 0.464 e. The molecule has 3 aromatic rings. The lowest BCUT2D eigenvalue weighted by Gasteiger charge is -1.96. The fourth-order valence-corrected chi connectivity index (χ4v) is 2.25. The van der Waals surface area contributed by atoms with Crippen LogP contribution in [0.2, 0.25) is 0 Å². The molecule has 0 bridgehead atoms. The van der Waals surface area contributed by atoms with Crippen LogP contribution in [0.5, 0.6) is 0 Å². The normalized spacial score (nSPS) is 10.7. The van der Waals surface area contributed by atoms with Crippen LogP contribution < -0.4 is 0 Å². The molecule has 0 aliphatic heterocycles. The number of furan rings is 1. The van der Waals surface area contributed by atoms with Crippen LogP contribution in [0, 0.1) is 0 Å². The van der Waals surface area contributed by atoms with Crippen molar-refractivity contribution in [2.24, 2.45) is 0 Å². The van der Waals surface area contributed by atoms with E-state index in [2.05, 4.69) is 16.3 Å². The first kappa shape index (κ1) is 8.49. The number of nitrogens with zero attached hydrogens (tertiary/aromatic N) is 1. The van der Waals surface area contributed by atoms with E-state index in [0.29, 0.717) is 0 Å². The first-order valence-corrected chi connectivity index (χ1v) is 5.44. The minimum Gasteiger partial charge on any atom is -0.464 e. The first-order chi connectivity index (χ1) is 7.45. The topological polar surface area (TPSA) is 41.8 Å². The maximum atomic E-state index is 5.36. The number of aromatic nitrogens is 2. The van der Waals surface area contributed by atoms with Crippen LogP contribution in [0.15, 0.2) is 46.5 Å². The van der Waals surface area contributed by atoms with Crippen LogP contribution in [-0.2, 0) is 0 Å². The van der Waals surface area contributed by atoms with Crippen molar-refractivity contribution in [3.63, 3.8) is 0 Å². The predicted octanol–water partition coefficient (Wildman–Crippen LogP) is 3.40. The Labute approximate surface area is 90.4 Å². The third-order valence-corrected chi connectivity index (χ3v) is 3.08. The third-order valence-electron chi connectivity index (χ3n) is 2.19. The van der Waals surface area contributed by atoms with Gasteiger partial charge in [0, 0.05) is 0 Å². The van der Waals surface area contributed by atoms with Gasteiger partial charge in [-0.2, -0.15) is 5.10 Å². The molecular weight excluding hydrogens is 208 g/mol. The van der Waals surface area contributed by atoms with Crippen molar-refractivity contribution < 1.29 is 4.42 Å². The van der Waals surface area contributed by atoms with Gasteiger partial charge < -0.3 is 4.42 Å². The van der Waals surface area contributed by atoms with Crippen molar-refractivity contribution in [3.05, 3.63) is 42.1 Å². The Balaban J connectivity index is 2.15. The lowest BCUT2D eigenvalue weighted by atomic mass is 10.2. The predicted molar refractivity (Wildman–Crippen MR) is 59.6 cm³/mol. The summed E-state index contributed by atoms with van der Waals surface area (Å²) in [5.41, 5.74) is 2.02. The van der Waals surface area contributed by atoms with Gasteiger partial charge in [-0.3, -0.25) is 5.10 Å². The molecule has 0 saturated heterocycles. The molecule has 0 atom stereocenters. The van der Waals surface area contributed by atoms with E-state index in [4.69, 9.17) is 4.42 Å². The summed E-state index contributed by atoms with van der Waals surface area (Å²) in [6.07, 6.45) is 3.45. The Hall–Kier alpha value is -1.81. The van der Waals surface area contributed by atoms with E-state index in [0.717, 1.165) is 17.0 Å². The molecule has 4 heteroatoms. The van der Waals surface area contributed by atoms with Gasteiger partial charge in [0.25, 0.3) is 0 Å². The molecule has 0 saturated carbocycles. The van der Waals surface area contributed by atoms with Gasteiger partial charge in [0.2, 0.25) is 0 Å². The number of H-pyrrole nitrogens is 1. The second kappa shape index (κ2) is 3.40. The summed E-state index contributed by atoms with van der Waals surface area (Å²) in [5, 5.41) is 9.10. The van der Waals surface area contributed by atoms with Crippen molar-refractivity contribution in [2.45, 2.75) is 0 Å². The lowest BCUT2D eigenvalue weighted by Crippen LogP contribution is -1.76. The smallest absolute Gasteiger partial charge is 0.137 e. The summed E-state index contributed by atoms with van der Waals surface area (Å²) in [6, 6.07) is 7.89. The van der Waals surface area contributed by atoms with Gasteiger partial charge in [0.15, 0.2) is 0 Å². The molecule has 3 heterocycles. The van der Waals surface area contributed by atoms with Gasteiger partial charge in [0.1, 0.15) is 5.76 Å². The molecule has 74 valence electrons. The zero-order valence-electron chi connectivity index (χ0n) is 7.81. The van der Waals surface area contributed by atoms with Crippen LogP contribution in [0.1, 0.15) is 0 Å². The van der Waals surface area contributed by atoms with Gasteiger partial charge in [-0.1, -0.05) is 6.07 Å².